The number of aromatic amines is 1. The number of carbonyl (C=O) groups excluding carboxylic acids is 1. The van der Waals surface area contributed by atoms with E-state index in [2.05, 4.69) is 31.3 Å². The Bertz CT molecular complexity index is 767. The number of halogens is 1. The van der Waals surface area contributed by atoms with Crippen LogP contribution in [0.25, 0.3) is 11.4 Å². The Hall–Kier alpha value is -1.51. The van der Waals surface area contributed by atoms with Crippen molar-refractivity contribution in [2.75, 3.05) is 13.6 Å². The summed E-state index contributed by atoms with van der Waals surface area (Å²) >= 11 is 8.84. The molecule has 1 aliphatic carbocycles. The largest absolute Gasteiger partial charge is 0.348 e. The van der Waals surface area contributed by atoms with Gasteiger partial charge in [-0.05, 0) is 31.1 Å². The fourth-order valence-corrected chi connectivity index (χ4v) is 3.02. The molecule has 2 aromatic rings. The van der Waals surface area contributed by atoms with Crippen molar-refractivity contribution in [3.05, 3.63) is 33.5 Å². The average molecular weight is 397 g/mol. The summed E-state index contributed by atoms with van der Waals surface area (Å²) in [5.74, 6) is 0.805. The van der Waals surface area contributed by atoms with Crippen LogP contribution in [-0.2, 0) is 11.5 Å². The van der Waals surface area contributed by atoms with Crippen LogP contribution in [0.2, 0.25) is 0 Å². The highest BCUT2D eigenvalue weighted by molar-refractivity contribution is 9.10. The van der Waals surface area contributed by atoms with Crippen molar-refractivity contribution in [1.29, 1.82) is 0 Å². The van der Waals surface area contributed by atoms with Gasteiger partial charge < -0.3 is 10.2 Å². The summed E-state index contributed by atoms with van der Waals surface area (Å²) in [6, 6.07) is 8.24. The molecule has 0 radical (unpaired) electrons. The normalized spacial score (nSPS) is 15.4. The van der Waals surface area contributed by atoms with Gasteiger partial charge in [-0.25, -0.2) is 4.68 Å². The Morgan fingerprint density at radius 2 is 2.26 bits per heavy atom. The van der Waals surface area contributed by atoms with E-state index in [1.165, 1.54) is 0 Å². The lowest BCUT2D eigenvalue weighted by molar-refractivity contribution is -0.895. The number of aromatic nitrogens is 3. The van der Waals surface area contributed by atoms with Crippen LogP contribution in [0.1, 0.15) is 12.8 Å². The predicted molar refractivity (Wildman–Crippen MR) is 93.5 cm³/mol. The molecule has 1 unspecified atom stereocenters. The molecule has 122 valence electrons. The number of carbonyl (C=O) groups is 1. The zero-order valence-corrected chi connectivity index (χ0v) is 15.2. The molecule has 8 heteroatoms. The number of likely N-dealkylation sites (N-methyl/N-ethyl adjacent to an activating group) is 1. The molecular weight excluding hydrogens is 378 g/mol. The minimum atomic E-state index is 0.0852. The van der Waals surface area contributed by atoms with Crippen molar-refractivity contribution in [3.8, 4) is 11.4 Å². The predicted octanol–water partition coefficient (Wildman–Crippen LogP) is 1.12. The second-order valence-corrected chi connectivity index (χ2v) is 7.12. The molecule has 1 atom stereocenters. The number of rotatable bonds is 6. The smallest absolute Gasteiger partial charge is 0.275 e. The molecule has 1 saturated carbocycles. The third-order valence-corrected chi connectivity index (χ3v) is 4.64. The highest BCUT2D eigenvalue weighted by atomic mass is 79.9. The Morgan fingerprint density at radius 3 is 2.96 bits per heavy atom. The van der Waals surface area contributed by atoms with Crippen molar-refractivity contribution in [3.63, 3.8) is 0 Å². The first-order valence-corrected chi connectivity index (χ1v) is 8.75. The SMILES string of the molecule is C[NH+](CC(=O)NC1CC1)Cn1[nH]c(-c2ccccc2Br)nc1=S. The van der Waals surface area contributed by atoms with E-state index < -0.39 is 0 Å². The molecule has 1 aromatic carbocycles. The number of H-pyrrole nitrogens is 1. The number of hydrogen-bond acceptors (Lipinski definition) is 3. The quantitative estimate of drug-likeness (QED) is 0.640. The van der Waals surface area contributed by atoms with Gasteiger partial charge in [-0.15, -0.1) is 0 Å². The van der Waals surface area contributed by atoms with Gasteiger partial charge in [0.05, 0.1) is 7.05 Å². The number of quaternary nitrogens is 1. The molecule has 1 aliphatic rings. The molecule has 1 heterocycles. The monoisotopic (exact) mass is 396 g/mol. The van der Waals surface area contributed by atoms with E-state index in [1.807, 2.05) is 31.3 Å². The topological polar surface area (TPSA) is 67.2 Å². The van der Waals surface area contributed by atoms with Gasteiger partial charge in [0.1, 0.15) is 0 Å². The van der Waals surface area contributed by atoms with Crippen molar-refractivity contribution in [2.24, 2.45) is 0 Å². The molecule has 0 saturated heterocycles. The van der Waals surface area contributed by atoms with Crippen LogP contribution < -0.4 is 10.2 Å². The van der Waals surface area contributed by atoms with Crippen LogP contribution in [0.4, 0.5) is 0 Å². The first-order valence-electron chi connectivity index (χ1n) is 7.55. The maximum atomic E-state index is 11.9. The van der Waals surface area contributed by atoms with Crippen molar-refractivity contribution >= 4 is 34.1 Å². The van der Waals surface area contributed by atoms with Crippen LogP contribution in [0.5, 0.6) is 0 Å². The molecule has 1 amide bonds. The van der Waals surface area contributed by atoms with Gasteiger partial charge in [-0.2, -0.15) is 4.98 Å². The van der Waals surface area contributed by atoms with E-state index in [-0.39, 0.29) is 5.91 Å². The molecule has 1 aromatic heterocycles. The zero-order valence-electron chi connectivity index (χ0n) is 12.8. The molecule has 3 rings (SSSR count). The second kappa shape index (κ2) is 6.94. The van der Waals surface area contributed by atoms with E-state index in [4.69, 9.17) is 12.2 Å². The Morgan fingerprint density at radius 1 is 1.52 bits per heavy atom. The minimum absolute atomic E-state index is 0.0852. The number of hydrogen-bond donors (Lipinski definition) is 3. The molecule has 23 heavy (non-hydrogen) atoms. The Kier molecular flexibility index (Phi) is 4.93. The lowest BCUT2D eigenvalue weighted by Crippen LogP contribution is -3.09. The average Bonchev–Trinajstić information content (AvgIpc) is 3.22. The molecule has 1 fully saturated rings. The number of nitrogens with one attached hydrogen (secondary N) is 3. The summed E-state index contributed by atoms with van der Waals surface area (Å²) in [5.41, 5.74) is 0.960. The van der Waals surface area contributed by atoms with Crippen LogP contribution in [0, 0.1) is 4.77 Å². The van der Waals surface area contributed by atoms with Crippen LogP contribution in [0.3, 0.4) is 0 Å². The highest BCUT2D eigenvalue weighted by Gasteiger charge is 2.24. The summed E-state index contributed by atoms with van der Waals surface area (Å²) in [7, 11) is 1.97. The minimum Gasteiger partial charge on any atom is -0.348 e. The summed E-state index contributed by atoms with van der Waals surface area (Å²) in [4.78, 5) is 17.3. The lowest BCUT2D eigenvalue weighted by Gasteiger charge is -2.13. The fraction of sp³-hybridized carbons (Fsp3) is 0.400. The number of amides is 1. The third kappa shape index (κ3) is 4.27. The summed E-state index contributed by atoms with van der Waals surface area (Å²) in [6.45, 7) is 0.982. The van der Waals surface area contributed by atoms with Crippen LogP contribution in [-0.4, -0.2) is 40.3 Å². The summed E-state index contributed by atoms with van der Waals surface area (Å²) < 4.78 is 3.24. The van der Waals surface area contributed by atoms with E-state index in [9.17, 15) is 4.79 Å². The van der Waals surface area contributed by atoms with E-state index in [0.717, 1.165) is 33.6 Å². The maximum Gasteiger partial charge on any atom is 0.275 e. The van der Waals surface area contributed by atoms with Crippen molar-refractivity contribution in [2.45, 2.75) is 25.6 Å². The molecule has 0 spiro atoms. The van der Waals surface area contributed by atoms with Gasteiger partial charge in [0.25, 0.3) is 5.91 Å². The Labute approximate surface area is 148 Å². The number of benzene rings is 1. The van der Waals surface area contributed by atoms with Gasteiger partial charge in [-0.3, -0.25) is 9.89 Å². The van der Waals surface area contributed by atoms with E-state index in [1.54, 1.807) is 4.68 Å². The molecule has 3 N–H and O–H groups in total. The van der Waals surface area contributed by atoms with Gasteiger partial charge >= 0.3 is 0 Å². The highest BCUT2D eigenvalue weighted by Crippen LogP contribution is 2.24. The number of nitrogens with zero attached hydrogens (tertiary/aromatic N) is 2. The van der Waals surface area contributed by atoms with Crippen LogP contribution >= 0.6 is 28.1 Å². The molecule has 0 bridgehead atoms. The van der Waals surface area contributed by atoms with Gasteiger partial charge in [0.2, 0.25) is 4.77 Å². The zero-order chi connectivity index (χ0) is 16.4. The standard InChI is InChI=1S/C15H18BrN5OS/c1-20(8-13(22)17-10-6-7-10)9-21-15(23)18-14(19-21)11-4-2-3-5-12(11)16/h2-5,10H,6-9H2,1H3,(H,17,22)(H,18,19,23)/p+1. The maximum absolute atomic E-state index is 11.9. The summed E-state index contributed by atoms with van der Waals surface area (Å²) in [6.07, 6.45) is 2.21. The van der Waals surface area contributed by atoms with Gasteiger partial charge in [-0.1, -0.05) is 34.1 Å². The summed E-state index contributed by atoms with van der Waals surface area (Å²) in [5, 5.41) is 6.21. The van der Waals surface area contributed by atoms with E-state index >= 15 is 0 Å². The first-order chi connectivity index (χ1) is 11.0. The van der Waals surface area contributed by atoms with Crippen molar-refractivity contribution in [1.82, 2.24) is 20.1 Å². The van der Waals surface area contributed by atoms with Gasteiger partial charge in [0, 0.05) is 16.1 Å². The Balaban J connectivity index is 1.67. The lowest BCUT2D eigenvalue weighted by atomic mass is 10.2. The second-order valence-electron chi connectivity index (χ2n) is 5.90. The fourth-order valence-electron chi connectivity index (χ4n) is 2.34. The van der Waals surface area contributed by atoms with Gasteiger partial charge in [0.15, 0.2) is 19.0 Å². The molecule has 0 aliphatic heterocycles. The first kappa shape index (κ1) is 16.4. The van der Waals surface area contributed by atoms with Crippen LogP contribution in [0.15, 0.2) is 28.7 Å². The molecule has 6 nitrogen and oxygen atoms in total. The van der Waals surface area contributed by atoms with E-state index in [0.29, 0.717) is 24.0 Å². The molecular formula is C15H19BrN5OS+. The third-order valence-electron chi connectivity index (χ3n) is 3.64. The van der Waals surface area contributed by atoms with Crippen molar-refractivity contribution < 1.29 is 9.69 Å².